The number of hydrogen-bond acceptors (Lipinski definition) is 3. The topological polar surface area (TPSA) is 74.0 Å². The van der Waals surface area contributed by atoms with Gasteiger partial charge in [-0.25, -0.2) is 4.79 Å². The Balaban J connectivity index is 1.91. The summed E-state index contributed by atoms with van der Waals surface area (Å²) in [6.45, 7) is 5.11. The largest absolute Gasteiger partial charge is 0.465 e. The highest BCUT2D eigenvalue weighted by molar-refractivity contribution is 6.35. The van der Waals surface area contributed by atoms with E-state index in [0.29, 0.717) is 36.8 Å². The number of fused-ring (bicyclic) bond motifs is 1. The molecular weight excluding hydrogens is 320 g/mol. The second kappa shape index (κ2) is 5.77. The third-order valence-electron chi connectivity index (χ3n) is 4.27. The fraction of sp³-hybridized carbons (Fsp3) is 0.375. The van der Waals surface area contributed by atoms with Crippen LogP contribution >= 0.6 is 11.6 Å². The number of hydrogen-bond donors (Lipinski definition) is 1. The number of aryl methyl sites for hydroxylation is 2. The van der Waals surface area contributed by atoms with Crippen LogP contribution in [0.1, 0.15) is 21.7 Å². The van der Waals surface area contributed by atoms with Crippen LogP contribution in [0.4, 0.5) is 4.79 Å². The van der Waals surface area contributed by atoms with Crippen LogP contribution in [0.15, 0.2) is 16.5 Å². The van der Waals surface area contributed by atoms with Gasteiger partial charge in [0.05, 0.1) is 5.02 Å². The lowest BCUT2D eigenvalue weighted by Gasteiger charge is -2.32. The SMILES string of the molecule is Cc1ccc(Cl)c2oc(C(=O)N3CCN(C(=O)O)CC3)c(C)c12. The third-order valence-corrected chi connectivity index (χ3v) is 4.57. The summed E-state index contributed by atoms with van der Waals surface area (Å²) in [5.74, 6) is 0.0548. The van der Waals surface area contributed by atoms with Crippen molar-refractivity contribution < 1.29 is 19.1 Å². The molecule has 0 atom stereocenters. The molecule has 23 heavy (non-hydrogen) atoms. The Hall–Kier alpha value is -2.21. The van der Waals surface area contributed by atoms with Crippen LogP contribution in [0.25, 0.3) is 11.0 Å². The van der Waals surface area contributed by atoms with Crippen molar-refractivity contribution in [2.75, 3.05) is 26.2 Å². The van der Waals surface area contributed by atoms with Crippen LogP contribution in [-0.2, 0) is 0 Å². The molecule has 1 aliphatic heterocycles. The zero-order chi connectivity index (χ0) is 16.7. The second-order valence-electron chi connectivity index (χ2n) is 5.69. The molecule has 3 rings (SSSR count). The fourth-order valence-corrected chi connectivity index (χ4v) is 3.16. The lowest BCUT2D eigenvalue weighted by molar-refractivity contribution is 0.0597. The number of carbonyl (C=O) groups is 2. The number of rotatable bonds is 1. The maximum Gasteiger partial charge on any atom is 0.407 e. The van der Waals surface area contributed by atoms with Gasteiger partial charge in [-0.05, 0) is 25.5 Å². The summed E-state index contributed by atoms with van der Waals surface area (Å²) in [5, 5.41) is 10.3. The molecule has 1 aliphatic rings. The normalized spacial score (nSPS) is 15.3. The van der Waals surface area contributed by atoms with Crippen LogP contribution in [0.5, 0.6) is 0 Å². The molecule has 122 valence electrons. The van der Waals surface area contributed by atoms with Gasteiger partial charge >= 0.3 is 6.09 Å². The maximum atomic E-state index is 12.7. The van der Waals surface area contributed by atoms with Crippen molar-refractivity contribution in [2.45, 2.75) is 13.8 Å². The van der Waals surface area contributed by atoms with Crippen LogP contribution in [0.3, 0.4) is 0 Å². The molecule has 1 N–H and O–H groups in total. The Kier molecular flexibility index (Phi) is 3.93. The Labute approximate surface area is 138 Å². The molecule has 0 aliphatic carbocycles. The maximum absolute atomic E-state index is 12.7. The number of benzene rings is 1. The van der Waals surface area contributed by atoms with Gasteiger partial charge in [-0.2, -0.15) is 0 Å². The summed E-state index contributed by atoms with van der Waals surface area (Å²) in [7, 11) is 0. The molecule has 2 heterocycles. The zero-order valence-corrected chi connectivity index (χ0v) is 13.7. The van der Waals surface area contributed by atoms with E-state index in [9.17, 15) is 9.59 Å². The van der Waals surface area contributed by atoms with E-state index >= 15 is 0 Å². The average Bonchev–Trinajstić information content (AvgIpc) is 2.89. The first-order valence-corrected chi connectivity index (χ1v) is 7.73. The van der Waals surface area contributed by atoms with Crippen molar-refractivity contribution in [1.29, 1.82) is 0 Å². The molecule has 1 saturated heterocycles. The number of nitrogens with zero attached hydrogens (tertiary/aromatic N) is 2. The van der Waals surface area contributed by atoms with Gasteiger partial charge in [-0.1, -0.05) is 17.7 Å². The van der Waals surface area contributed by atoms with E-state index in [1.54, 1.807) is 11.0 Å². The Morgan fingerprint density at radius 2 is 1.74 bits per heavy atom. The average molecular weight is 337 g/mol. The molecule has 0 saturated carbocycles. The van der Waals surface area contributed by atoms with Crippen molar-refractivity contribution in [1.82, 2.24) is 9.80 Å². The predicted molar refractivity (Wildman–Crippen MR) is 86.2 cm³/mol. The summed E-state index contributed by atoms with van der Waals surface area (Å²) < 4.78 is 5.75. The molecule has 1 aromatic carbocycles. The Morgan fingerprint density at radius 1 is 1.13 bits per heavy atom. The minimum Gasteiger partial charge on any atom is -0.465 e. The van der Waals surface area contributed by atoms with Crippen LogP contribution in [0, 0.1) is 13.8 Å². The molecule has 6 nitrogen and oxygen atoms in total. The van der Waals surface area contributed by atoms with Crippen LogP contribution in [0.2, 0.25) is 5.02 Å². The predicted octanol–water partition coefficient (Wildman–Crippen LogP) is 3.14. The minimum absolute atomic E-state index is 0.223. The summed E-state index contributed by atoms with van der Waals surface area (Å²) in [6.07, 6.45) is -0.959. The first-order chi connectivity index (χ1) is 10.9. The summed E-state index contributed by atoms with van der Waals surface area (Å²) in [5.41, 5.74) is 2.29. The number of carboxylic acid groups (broad SMARTS) is 1. The Morgan fingerprint density at radius 3 is 2.30 bits per heavy atom. The smallest absolute Gasteiger partial charge is 0.407 e. The first kappa shape index (κ1) is 15.7. The zero-order valence-electron chi connectivity index (χ0n) is 12.9. The van der Waals surface area contributed by atoms with Crippen molar-refractivity contribution in [3.63, 3.8) is 0 Å². The monoisotopic (exact) mass is 336 g/mol. The molecule has 0 bridgehead atoms. The van der Waals surface area contributed by atoms with Gasteiger partial charge < -0.3 is 19.3 Å². The van der Waals surface area contributed by atoms with E-state index in [-0.39, 0.29) is 11.7 Å². The molecule has 0 radical (unpaired) electrons. The molecule has 1 fully saturated rings. The molecule has 0 spiro atoms. The van der Waals surface area contributed by atoms with Crippen molar-refractivity contribution in [3.05, 3.63) is 34.0 Å². The molecular formula is C16H17ClN2O4. The summed E-state index contributed by atoms with van der Waals surface area (Å²) in [6, 6.07) is 3.65. The van der Waals surface area contributed by atoms with E-state index in [4.69, 9.17) is 21.1 Å². The standard InChI is InChI=1S/C16H17ClN2O4/c1-9-3-4-11(17)14-12(9)10(2)13(23-14)15(20)18-5-7-19(8-6-18)16(21)22/h3-4H,5-8H2,1-2H3,(H,21,22). The fourth-order valence-electron chi connectivity index (χ4n) is 2.96. The third kappa shape index (κ3) is 2.63. The number of carbonyl (C=O) groups excluding carboxylic acids is 1. The quantitative estimate of drug-likeness (QED) is 0.868. The molecule has 7 heteroatoms. The van der Waals surface area contributed by atoms with Crippen molar-refractivity contribution in [2.24, 2.45) is 0 Å². The highest BCUT2D eigenvalue weighted by atomic mass is 35.5. The molecule has 1 aromatic heterocycles. The molecule has 2 aromatic rings. The van der Waals surface area contributed by atoms with E-state index in [0.717, 1.165) is 16.5 Å². The lowest BCUT2D eigenvalue weighted by Crippen LogP contribution is -2.50. The number of amides is 2. The highest BCUT2D eigenvalue weighted by Gasteiger charge is 2.28. The van der Waals surface area contributed by atoms with E-state index in [1.807, 2.05) is 19.9 Å². The van der Waals surface area contributed by atoms with E-state index < -0.39 is 6.09 Å². The number of halogens is 1. The van der Waals surface area contributed by atoms with Gasteiger partial charge in [0.15, 0.2) is 11.3 Å². The Bertz CT molecular complexity index is 791. The van der Waals surface area contributed by atoms with Gasteiger partial charge in [-0.3, -0.25) is 4.79 Å². The van der Waals surface area contributed by atoms with E-state index in [1.165, 1.54) is 4.90 Å². The van der Waals surface area contributed by atoms with E-state index in [2.05, 4.69) is 0 Å². The summed E-state index contributed by atoms with van der Waals surface area (Å²) in [4.78, 5) is 26.6. The van der Waals surface area contributed by atoms with Gasteiger partial charge in [0.2, 0.25) is 0 Å². The van der Waals surface area contributed by atoms with Crippen LogP contribution < -0.4 is 0 Å². The van der Waals surface area contributed by atoms with Crippen LogP contribution in [-0.4, -0.2) is 53.1 Å². The minimum atomic E-state index is -0.959. The first-order valence-electron chi connectivity index (χ1n) is 7.35. The van der Waals surface area contributed by atoms with Crippen molar-refractivity contribution in [3.8, 4) is 0 Å². The number of piperazine rings is 1. The van der Waals surface area contributed by atoms with Gasteiger partial charge in [0.25, 0.3) is 5.91 Å². The van der Waals surface area contributed by atoms with Gasteiger partial charge in [0.1, 0.15) is 0 Å². The number of furan rings is 1. The van der Waals surface area contributed by atoms with Gasteiger partial charge in [-0.15, -0.1) is 0 Å². The highest BCUT2D eigenvalue weighted by Crippen LogP contribution is 2.33. The molecule has 2 amide bonds. The summed E-state index contributed by atoms with van der Waals surface area (Å²) >= 11 is 6.17. The second-order valence-corrected chi connectivity index (χ2v) is 6.09. The molecule has 0 unspecified atom stereocenters. The van der Waals surface area contributed by atoms with Gasteiger partial charge in [0, 0.05) is 37.1 Å². The van der Waals surface area contributed by atoms with Crippen molar-refractivity contribution >= 4 is 34.6 Å². The lowest BCUT2D eigenvalue weighted by atomic mass is 10.1.